The van der Waals surface area contributed by atoms with Gasteiger partial charge in [0, 0.05) is 17.8 Å². The zero-order chi connectivity index (χ0) is 11.7. The van der Waals surface area contributed by atoms with Gasteiger partial charge in [0.2, 0.25) is 5.91 Å². The number of hydrogen-bond donors (Lipinski definition) is 2. The van der Waals surface area contributed by atoms with Gasteiger partial charge in [-0.2, -0.15) is 0 Å². The summed E-state index contributed by atoms with van der Waals surface area (Å²) in [5.74, 6) is 0.0182. The predicted octanol–water partition coefficient (Wildman–Crippen LogP) is 2.33. The molecule has 0 aliphatic rings. The Kier molecular flexibility index (Phi) is 7.78. The largest absolute Gasteiger partial charge is 0.402 e. The molecule has 0 unspecified atom stereocenters. The van der Waals surface area contributed by atoms with Crippen LogP contribution in [0.2, 0.25) is 0 Å². The molecule has 1 amide bonds. The molecule has 0 aliphatic carbocycles. The Balaban J connectivity index is 4.49. The van der Waals surface area contributed by atoms with Crippen LogP contribution < -0.4 is 11.1 Å². The van der Waals surface area contributed by atoms with Crippen molar-refractivity contribution in [2.45, 2.75) is 52.9 Å². The van der Waals surface area contributed by atoms with Gasteiger partial charge >= 0.3 is 0 Å². The lowest BCUT2D eigenvalue weighted by Crippen LogP contribution is -2.27. The number of allylic oxidation sites excluding steroid dienone is 1. The Hall–Kier alpha value is -0.990. The lowest BCUT2D eigenvalue weighted by Gasteiger charge is -2.11. The molecule has 0 saturated carbocycles. The van der Waals surface area contributed by atoms with Gasteiger partial charge in [-0.15, -0.1) is 0 Å². The van der Waals surface area contributed by atoms with Crippen molar-refractivity contribution in [3.05, 3.63) is 11.3 Å². The first-order valence-corrected chi connectivity index (χ1v) is 5.92. The van der Waals surface area contributed by atoms with E-state index in [4.69, 9.17) is 5.73 Å². The summed E-state index contributed by atoms with van der Waals surface area (Å²) >= 11 is 0. The Labute approximate surface area is 93.1 Å². The fraction of sp³-hybridized carbons (Fsp3) is 0.750. The molecular weight excluding hydrogens is 188 g/mol. The zero-order valence-corrected chi connectivity index (χ0v) is 10.2. The van der Waals surface area contributed by atoms with E-state index in [1.54, 1.807) is 0 Å². The Morgan fingerprint density at radius 2 is 1.67 bits per heavy atom. The van der Waals surface area contributed by atoms with Crippen LogP contribution >= 0.6 is 0 Å². The number of nitrogens with two attached hydrogens (primary N) is 1. The van der Waals surface area contributed by atoms with Gasteiger partial charge in [-0.05, 0) is 19.3 Å². The molecule has 3 nitrogen and oxygen atoms in total. The monoisotopic (exact) mass is 212 g/mol. The highest BCUT2D eigenvalue weighted by atomic mass is 16.1. The van der Waals surface area contributed by atoms with E-state index in [0.717, 1.165) is 49.9 Å². The highest BCUT2D eigenvalue weighted by Crippen LogP contribution is 2.12. The van der Waals surface area contributed by atoms with E-state index in [-0.39, 0.29) is 5.91 Å². The van der Waals surface area contributed by atoms with Crippen LogP contribution in [-0.4, -0.2) is 12.5 Å². The summed E-state index contributed by atoms with van der Waals surface area (Å²) in [6, 6.07) is 0. The summed E-state index contributed by atoms with van der Waals surface area (Å²) in [6.45, 7) is 6.90. The molecule has 3 heteroatoms. The molecule has 0 aromatic carbocycles. The molecule has 0 aromatic heterocycles. The average molecular weight is 212 g/mol. The van der Waals surface area contributed by atoms with Crippen molar-refractivity contribution >= 4 is 5.91 Å². The van der Waals surface area contributed by atoms with Crippen LogP contribution in [0.5, 0.6) is 0 Å². The summed E-state index contributed by atoms with van der Waals surface area (Å²) in [7, 11) is 0. The van der Waals surface area contributed by atoms with Crippen molar-refractivity contribution in [3.63, 3.8) is 0 Å². The lowest BCUT2D eigenvalue weighted by atomic mass is 10.0. The van der Waals surface area contributed by atoms with E-state index in [9.17, 15) is 4.79 Å². The minimum Gasteiger partial charge on any atom is -0.402 e. The van der Waals surface area contributed by atoms with Gasteiger partial charge < -0.3 is 11.1 Å². The molecule has 0 saturated heterocycles. The minimum absolute atomic E-state index is 0.0182. The van der Waals surface area contributed by atoms with Crippen molar-refractivity contribution < 1.29 is 4.79 Å². The van der Waals surface area contributed by atoms with Gasteiger partial charge in [-0.1, -0.05) is 33.6 Å². The van der Waals surface area contributed by atoms with Crippen LogP contribution in [0, 0.1) is 0 Å². The number of amides is 1. The third kappa shape index (κ3) is 5.45. The van der Waals surface area contributed by atoms with Gasteiger partial charge in [-0.25, -0.2) is 0 Å². The number of rotatable bonds is 7. The topological polar surface area (TPSA) is 55.1 Å². The van der Waals surface area contributed by atoms with Crippen LogP contribution in [0.3, 0.4) is 0 Å². The van der Waals surface area contributed by atoms with E-state index in [2.05, 4.69) is 19.2 Å². The van der Waals surface area contributed by atoms with Crippen LogP contribution in [0.15, 0.2) is 11.3 Å². The van der Waals surface area contributed by atoms with Gasteiger partial charge in [0.15, 0.2) is 0 Å². The summed E-state index contributed by atoms with van der Waals surface area (Å²) in [4.78, 5) is 11.8. The fourth-order valence-corrected chi connectivity index (χ4v) is 1.44. The Bertz CT molecular complexity index is 222. The number of carbonyl (C=O) groups excluding carboxylic acids is 1. The van der Waals surface area contributed by atoms with E-state index < -0.39 is 0 Å². The van der Waals surface area contributed by atoms with Gasteiger partial charge in [0.05, 0.1) is 0 Å². The fourth-order valence-electron chi connectivity index (χ4n) is 1.44. The average Bonchev–Trinajstić information content (AvgIpc) is 2.22. The maximum Gasteiger partial charge on any atom is 0.248 e. The lowest BCUT2D eigenvalue weighted by molar-refractivity contribution is -0.117. The van der Waals surface area contributed by atoms with Crippen molar-refractivity contribution in [2.24, 2.45) is 5.73 Å². The van der Waals surface area contributed by atoms with E-state index >= 15 is 0 Å². The van der Waals surface area contributed by atoms with Crippen LogP contribution in [0.4, 0.5) is 0 Å². The standard InChI is InChI=1S/C12H24N2O/c1-4-7-10(11(13)8-5-2)12(15)14-9-6-3/h4-9,13H2,1-3H3,(H,14,15)/b11-10-. The third-order valence-corrected chi connectivity index (χ3v) is 2.22. The molecular formula is C12H24N2O. The molecule has 0 atom stereocenters. The highest BCUT2D eigenvalue weighted by Gasteiger charge is 2.11. The molecule has 0 aromatic rings. The second-order valence-electron chi connectivity index (χ2n) is 3.76. The van der Waals surface area contributed by atoms with Crippen molar-refractivity contribution in [2.75, 3.05) is 6.54 Å². The first kappa shape index (κ1) is 14.0. The summed E-state index contributed by atoms with van der Waals surface area (Å²) in [5.41, 5.74) is 7.45. The second kappa shape index (κ2) is 8.33. The Morgan fingerprint density at radius 1 is 1.07 bits per heavy atom. The smallest absolute Gasteiger partial charge is 0.248 e. The van der Waals surface area contributed by atoms with E-state index in [1.165, 1.54) is 0 Å². The van der Waals surface area contributed by atoms with Crippen molar-refractivity contribution in [1.82, 2.24) is 5.32 Å². The van der Waals surface area contributed by atoms with Crippen molar-refractivity contribution in [1.29, 1.82) is 0 Å². The maximum atomic E-state index is 11.8. The predicted molar refractivity (Wildman–Crippen MR) is 64.3 cm³/mol. The van der Waals surface area contributed by atoms with Gasteiger partial charge in [-0.3, -0.25) is 4.79 Å². The Morgan fingerprint density at radius 3 is 2.13 bits per heavy atom. The van der Waals surface area contributed by atoms with Crippen LogP contribution in [0.25, 0.3) is 0 Å². The van der Waals surface area contributed by atoms with Gasteiger partial charge in [0.25, 0.3) is 0 Å². The highest BCUT2D eigenvalue weighted by molar-refractivity contribution is 5.93. The molecule has 0 rings (SSSR count). The molecule has 0 radical (unpaired) electrons. The molecule has 3 N–H and O–H groups in total. The SMILES string of the molecule is CCCNC(=O)/C(CCC)=C(\N)CCC. The minimum atomic E-state index is 0.0182. The molecule has 0 spiro atoms. The molecule has 0 fully saturated rings. The zero-order valence-electron chi connectivity index (χ0n) is 10.2. The first-order valence-electron chi connectivity index (χ1n) is 5.92. The number of nitrogens with one attached hydrogen (secondary N) is 1. The quantitative estimate of drug-likeness (QED) is 0.636. The molecule has 0 bridgehead atoms. The van der Waals surface area contributed by atoms with Gasteiger partial charge in [0.1, 0.15) is 0 Å². The third-order valence-electron chi connectivity index (χ3n) is 2.22. The first-order chi connectivity index (χ1) is 7.17. The molecule has 15 heavy (non-hydrogen) atoms. The summed E-state index contributed by atoms with van der Waals surface area (Å²) < 4.78 is 0. The van der Waals surface area contributed by atoms with Crippen molar-refractivity contribution in [3.8, 4) is 0 Å². The molecule has 0 heterocycles. The second-order valence-corrected chi connectivity index (χ2v) is 3.76. The van der Waals surface area contributed by atoms with Crippen LogP contribution in [-0.2, 0) is 4.79 Å². The normalized spacial score (nSPS) is 12.2. The summed E-state index contributed by atoms with van der Waals surface area (Å²) in [6.07, 6.45) is 4.49. The van der Waals surface area contributed by atoms with E-state index in [1.807, 2.05) is 6.92 Å². The summed E-state index contributed by atoms with van der Waals surface area (Å²) in [5, 5.41) is 2.88. The van der Waals surface area contributed by atoms with Crippen LogP contribution in [0.1, 0.15) is 52.9 Å². The van der Waals surface area contributed by atoms with E-state index in [0.29, 0.717) is 0 Å². The molecule has 88 valence electrons. The molecule has 0 aliphatic heterocycles. The number of hydrogen-bond acceptors (Lipinski definition) is 2. The number of carbonyl (C=O) groups is 1. The maximum absolute atomic E-state index is 11.8.